The lowest BCUT2D eigenvalue weighted by atomic mass is 10.1. The molecular formula is C18H26N4O2. The van der Waals surface area contributed by atoms with Crippen LogP contribution in [0.2, 0.25) is 0 Å². The van der Waals surface area contributed by atoms with Gasteiger partial charge >= 0.3 is 0 Å². The first kappa shape index (κ1) is 16.8. The molecule has 130 valence electrons. The highest BCUT2D eigenvalue weighted by Crippen LogP contribution is 2.27. The molecule has 1 unspecified atom stereocenters. The number of aliphatic imine (C=N–C) groups is 1. The molecular weight excluding hydrogens is 304 g/mol. The second-order valence-electron chi connectivity index (χ2n) is 6.43. The molecule has 24 heavy (non-hydrogen) atoms. The maximum atomic E-state index is 12.6. The largest absolute Gasteiger partial charge is 0.381 e. The molecule has 0 aromatic heterocycles. The molecule has 0 radical (unpaired) electrons. The minimum Gasteiger partial charge on any atom is -0.381 e. The Morgan fingerprint density at radius 3 is 3.04 bits per heavy atom. The number of benzene rings is 1. The summed E-state index contributed by atoms with van der Waals surface area (Å²) in [4.78, 5) is 20.8. The van der Waals surface area contributed by atoms with Gasteiger partial charge in [-0.3, -0.25) is 9.79 Å². The van der Waals surface area contributed by atoms with E-state index in [0.717, 1.165) is 50.8 Å². The zero-order valence-corrected chi connectivity index (χ0v) is 14.5. The standard InChI is InChI=1S/C18H26N4O2/c1-19-18(21(2)12-14-8-10-24-13-14)20-11-17(23)22-9-7-15-5-3-4-6-16(15)22/h3-6,14H,7-13H2,1-2H3,(H,19,20). The van der Waals surface area contributed by atoms with Crippen LogP contribution in [0.3, 0.4) is 0 Å². The number of ether oxygens (including phenoxy) is 1. The van der Waals surface area contributed by atoms with Crippen molar-refractivity contribution in [1.82, 2.24) is 10.2 Å². The van der Waals surface area contributed by atoms with Crippen LogP contribution >= 0.6 is 0 Å². The van der Waals surface area contributed by atoms with Gasteiger partial charge in [0.25, 0.3) is 0 Å². The van der Waals surface area contributed by atoms with E-state index < -0.39 is 0 Å². The summed E-state index contributed by atoms with van der Waals surface area (Å²) in [6.07, 6.45) is 2.02. The minimum atomic E-state index is 0.0821. The first-order valence-electron chi connectivity index (χ1n) is 8.57. The Kier molecular flexibility index (Phi) is 5.35. The number of hydrogen-bond acceptors (Lipinski definition) is 3. The summed E-state index contributed by atoms with van der Waals surface area (Å²) in [5.74, 6) is 1.37. The number of nitrogens with zero attached hydrogens (tertiary/aromatic N) is 3. The third-order valence-corrected chi connectivity index (χ3v) is 4.72. The van der Waals surface area contributed by atoms with Crippen LogP contribution in [0.5, 0.6) is 0 Å². The van der Waals surface area contributed by atoms with Gasteiger partial charge in [0.05, 0.1) is 13.2 Å². The van der Waals surface area contributed by atoms with Crippen molar-refractivity contribution < 1.29 is 9.53 Å². The van der Waals surface area contributed by atoms with E-state index in [0.29, 0.717) is 5.92 Å². The summed E-state index contributed by atoms with van der Waals surface area (Å²) < 4.78 is 5.42. The van der Waals surface area contributed by atoms with Crippen LogP contribution < -0.4 is 10.2 Å². The molecule has 1 amide bonds. The predicted molar refractivity (Wildman–Crippen MR) is 95.4 cm³/mol. The maximum absolute atomic E-state index is 12.6. The average Bonchev–Trinajstić information content (AvgIpc) is 3.24. The number of anilines is 1. The third-order valence-electron chi connectivity index (χ3n) is 4.72. The van der Waals surface area contributed by atoms with Crippen LogP contribution in [-0.2, 0) is 16.0 Å². The lowest BCUT2D eigenvalue weighted by molar-refractivity contribution is -0.117. The Balaban J connectivity index is 1.53. The van der Waals surface area contributed by atoms with Crippen LogP contribution in [0.4, 0.5) is 5.69 Å². The number of rotatable bonds is 4. The predicted octanol–water partition coefficient (Wildman–Crippen LogP) is 1.12. The van der Waals surface area contributed by atoms with Gasteiger partial charge in [0.2, 0.25) is 5.91 Å². The zero-order chi connectivity index (χ0) is 16.9. The molecule has 1 aromatic carbocycles. The second kappa shape index (κ2) is 7.66. The van der Waals surface area contributed by atoms with Crippen LogP contribution in [0.1, 0.15) is 12.0 Å². The SMILES string of the molecule is CN=C(NCC(=O)N1CCc2ccccc21)N(C)CC1CCOC1. The molecule has 0 spiro atoms. The molecule has 0 bridgehead atoms. The van der Waals surface area contributed by atoms with Crippen molar-refractivity contribution in [2.75, 3.05) is 51.8 Å². The normalized spacial score (nSPS) is 20.2. The topological polar surface area (TPSA) is 57.2 Å². The van der Waals surface area contributed by atoms with Crippen molar-refractivity contribution in [2.45, 2.75) is 12.8 Å². The van der Waals surface area contributed by atoms with Crippen LogP contribution in [0.15, 0.2) is 29.3 Å². The monoisotopic (exact) mass is 330 g/mol. The summed E-state index contributed by atoms with van der Waals surface area (Å²) in [5, 5.41) is 3.19. The lowest BCUT2D eigenvalue weighted by Gasteiger charge is -2.25. The fourth-order valence-electron chi connectivity index (χ4n) is 3.43. The molecule has 3 rings (SSSR count). The van der Waals surface area contributed by atoms with Gasteiger partial charge in [-0.05, 0) is 24.5 Å². The fourth-order valence-corrected chi connectivity index (χ4v) is 3.43. The average molecular weight is 330 g/mol. The highest BCUT2D eigenvalue weighted by atomic mass is 16.5. The maximum Gasteiger partial charge on any atom is 0.246 e. The Hall–Kier alpha value is -2.08. The highest BCUT2D eigenvalue weighted by molar-refractivity contribution is 5.98. The van der Waals surface area contributed by atoms with Crippen molar-refractivity contribution in [3.8, 4) is 0 Å². The quantitative estimate of drug-likeness (QED) is 0.664. The summed E-state index contributed by atoms with van der Waals surface area (Å²) in [6, 6.07) is 8.11. The van der Waals surface area contributed by atoms with E-state index in [1.54, 1.807) is 7.05 Å². The number of carbonyl (C=O) groups excluding carboxylic acids is 1. The van der Waals surface area contributed by atoms with Crippen LogP contribution in [0.25, 0.3) is 0 Å². The number of guanidine groups is 1. The third kappa shape index (κ3) is 3.70. The van der Waals surface area contributed by atoms with E-state index in [-0.39, 0.29) is 12.5 Å². The summed E-state index contributed by atoms with van der Waals surface area (Å²) in [6.45, 7) is 3.56. The van der Waals surface area contributed by atoms with E-state index in [1.807, 2.05) is 30.1 Å². The van der Waals surface area contributed by atoms with Gasteiger partial charge in [0, 0.05) is 45.4 Å². The molecule has 2 heterocycles. The van der Waals surface area contributed by atoms with Gasteiger partial charge in [-0.1, -0.05) is 18.2 Å². The number of hydrogen-bond donors (Lipinski definition) is 1. The molecule has 1 atom stereocenters. The van der Waals surface area contributed by atoms with Gasteiger partial charge in [0.15, 0.2) is 5.96 Å². The second-order valence-corrected chi connectivity index (χ2v) is 6.43. The lowest BCUT2D eigenvalue weighted by Crippen LogP contribution is -2.46. The molecule has 6 nitrogen and oxygen atoms in total. The minimum absolute atomic E-state index is 0.0821. The molecule has 0 saturated carbocycles. The van der Waals surface area contributed by atoms with Crippen molar-refractivity contribution >= 4 is 17.6 Å². The van der Waals surface area contributed by atoms with Gasteiger partial charge < -0.3 is 19.9 Å². The molecule has 1 fully saturated rings. The fraction of sp³-hybridized carbons (Fsp3) is 0.556. The van der Waals surface area contributed by atoms with E-state index in [1.165, 1.54) is 5.56 Å². The molecule has 1 aromatic rings. The number of carbonyl (C=O) groups is 1. The van der Waals surface area contributed by atoms with E-state index in [4.69, 9.17) is 4.74 Å². The van der Waals surface area contributed by atoms with Crippen molar-refractivity contribution in [1.29, 1.82) is 0 Å². The Labute approximate surface area is 143 Å². The van der Waals surface area contributed by atoms with Gasteiger partial charge in [-0.25, -0.2) is 0 Å². The van der Waals surface area contributed by atoms with Gasteiger partial charge in [0.1, 0.15) is 0 Å². The number of amides is 1. The Morgan fingerprint density at radius 1 is 1.46 bits per heavy atom. The zero-order valence-electron chi connectivity index (χ0n) is 14.5. The molecule has 0 aliphatic carbocycles. The summed E-state index contributed by atoms with van der Waals surface area (Å²) in [5.41, 5.74) is 2.28. The molecule has 2 aliphatic heterocycles. The molecule has 2 aliphatic rings. The van der Waals surface area contributed by atoms with E-state index >= 15 is 0 Å². The van der Waals surface area contributed by atoms with Crippen molar-refractivity contribution in [3.63, 3.8) is 0 Å². The smallest absolute Gasteiger partial charge is 0.246 e. The highest BCUT2D eigenvalue weighted by Gasteiger charge is 2.24. The molecule has 1 saturated heterocycles. The number of fused-ring (bicyclic) bond motifs is 1. The van der Waals surface area contributed by atoms with Crippen molar-refractivity contribution in [3.05, 3.63) is 29.8 Å². The first-order chi connectivity index (χ1) is 11.7. The van der Waals surface area contributed by atoms with E-state index in [9.17, 15) is 4.79 Å². The molecule has 1 N–H and O–H groups in total. The molecule has 6 heteroatoms. The first-order valence-corrected chi connectivity index (χ1v) is 8.57. The van der Waals surface area contributed by atoms with Crippen LogP contribution in [-0.4, -0.2) is 63.7 Å². The Morgan fingerprint density at radius 2 is 2.29 bits per heavy atom. The van der Waals surface area contributed by atoms with Gasteiger partial charge in [-0.2, -0.15) is 0 Å². The van der Waals surface area contributed by atoms with Gasteiger partial charge in [-0.15, -0.1) is 0 Å². The van der Waals surface area contributed by atoms with E-state index in [2.05, 4.69) is 21.3 Å². The number of para-hydroxylation sites is 1. The number of nitrogens with one attached hydrogen (secondary N) is 1. The Bertz CT molecular complexity index is 611. The summed E-state index contributed by atoms with van der Waals surface area (Å²) >= 11 is 0. The van der Waals surface area contributed by atoms with Crippen molar-refractivity contribution in [2.24, 2.45) is 10.9 Å². The summed E-state index contributed by atoms with van der Waals surface area (Å²) in [7, 11) is 3.75. The van der Waals surface area contributed by atoms with Crippen LogP contribution in [0, 0.1) is 5.92 Å².